The van der Waals surface area contributed by atoms with Gasteiger partial charge in [0.25, 0.3) is 0 Å². The monoisotopic (exact) mass is 273 g/mol. The lowest BCUT2D eigenvalue weighted by Crippen LogP contribution is -2.23. The normalized spacial score (nSPS) is 12.7. The summed E-state index contributed by atoms with van der Waals surface area (Å²) >= 11 is 0.971. The van der Waals surface area contributed by atoms with E-state index >= 15 is 0 Å². The Hall–Kier alpha value is -1.47. The largest absolute Gasteiger partial charge is 0.305 e. The lowest BCUT2D eigenvalue weighted by Gasteiger charge is -2.16. The Balaban J connectivity index is 2.47. The second-order valence-corrected chi connectivity index (χ2v) is 4.14. The molecule has 0 fully saturated rings. The van der Waals surface area contributed by atoms with Crippen LogP contribution < -0.4 is 5.32 Å². The standard InChI is InChI=1S/C11H10F3N3S/c1-2-15-11(8-5-16-18-17-8)6-3-4-7(12)10(14)9(6)13/h3-5,11,15H,2H2,1H3. The van der Waals surface area contributed by atoms with Gasteiger partial charge >= 0.3 is 0 Å². The van der Waals surface area contributed by atoms with Crippen molar-refractivity contribution >= 4 is 11.7 Å². The number of hydrogen-bond acceptors (Lipinski definition) is 4. The molecule has 1 atom stereocenters. The van der Waals surface area contributed by atoms with Gasteiger partial charge in [-0.25, -0.2) is 13.2 Å². The van der Waals surface area contributed by atoms with Gasteiger partial charge in [0.1, 0.15) is 0 Å². The van der Waals surface area contributed by atoms with E-state index < -0.39 is 23.5 Å². The zero-order chi connectivity index (χ0) is 13.1. The van der Waals surface area contributed by atoms with Crippen molar-refractivity contribution in [2.75, 3.05) is 6.54 Å². The van der Waals surface area contributed by atoms with Gasteiger partial charge in [-0.05, 0) is 12.6 Å². The maximum absolute atomic E-state index is 13.7. The van der Waals surface area contributed by atoms with Crippen LogP contribution in [0.25, 0.3) is 0 Å². The first-order valence-electron chi connectivity index (χ1n) is 5.29. The predicted molar refractivity (Wildman–Crippen MR) is 61.7 cm³/mol. The molecule has 1 aromatic carbocycles. The number of rotatable bonds is 4. The zero-order valence-electron chi connectivity index (χ0n) is 9.45. The Morgan fingerprint density at radius 2 is 2.06 bits per heavy atom. The minimum Gasteiger partial charge on any atom is -0.305 e. The summed E-state index contributed by atoms with van der Waals surface area (Å²) < 4.78 is 47.7. The summed E-state index contributed by atoms with van der Waals surface area (Å²) in [5.41, 5.74) is 0.496. The fraction of sp³-hybridized carbons (Fsp3) is 0.273. The molecule has 2 rings (SSSR count). The van der Waals surface area contributed by atoms with Crippen molar-refractivity contribution in [1.82, 2.24) is 14.1 Å². The number of nitrogens with zero attached hydrogens (tertiary/aromatic N) is 2. The molecule has 3 nitrogen and oxygen atoms in total. The van der Waals surface area contributed by atoms with E-state index in [0.717, 1.165) is 17.8 Å². The molecule has 1 aromatic heterocycles. The average molecular weight is 273 g/mol. The topological polar surface area (TPSA) is 37.8 Å². The number of nitrogens with one attached hydrogen (secondary N) is 1. The molecule has 0 aliphatic rings. The molecule has 18 heavy (non-hydrogen) atoms. The van der Waals surface area contributed by atoms with Gasteiger partial charge in [-0.15, -0.1) is 0 Å². The van der Waals surface area contributed by atoms with Gasteiger partial charge < -0.3 is 5.32 Å². The first kappa shape index (κ1) is 13.0. The number of hydrogen-bond donors (Lipinski definition) is 1. The fourth-order valence-electron chi connectivity index (χ4n) is 1.64. The number of aromatic nitrogens is 2. The molecule has 96 valence electrons. The molecule has 0 aliphatic heterocycles. The first-order valence-corrected chi connectivity index (χ1v) is 6.02. The minimum absolute atomic E-state index is 0.0171. The molecule has 0 bridgehead atoms. The van der Waals surface area contributed by atoms with Gasteiger partial charge in [0.2, 0.25) is 0 Å². The van der Waals surface area contributed by atoms with Crippen molar-refractivity contribution in [3.8, 4) is 0 Å². The summed E-state index contributed by atoms with van der Waals surface area (Å²) in [4.78, 5) is 0. The second kappa shape index (κ2) is 5.45. The van der Waals surface area contributed by atoms with Gasteiger partial charge in [-0.1, -0.05) is 13.0 Å². The van der Waals surface area contributed by atoms with Crippen molar-refractivity contribution in [3.63, 3.8) is 0 Å². The average Bonchev–Trinajstić information content (AvgIpc) is 2.88. The molecule has 0 amide bonds. The molecule has 0 spiro atoms. The summed E-state index contributed by atoms with van der Waals surface area (Å²) in [7, 11) is 0. The number of benzene rings is 1. The van der Waals surface area contributed by atoms with Crippen LogP contribution in [-0.4, -0.2) is 15.3 Å². The van der Waals surface area contributed by atoms with Gasteiger partial charge in [0.05, 0.1) is 29.7 Å². The lowest BCUT2D eigenvalue weighted by molar-refractivity contribution is 0.432. The molecule has 7 heteroatoms. The lowest BCUT2D eigenvalue weighted by atomic mass is 10.0. The maximum Gasteiger partial charge on any atom is 0.194 e. The highest BCUT2D eigenvalue weighted by molar-refractivity contribution is 6.99. The van der Waals surface area contributed by atoms with Crippen molar-refractivity contribution < 1.29 is 13.2 Å². The molecular formula is C11H10F3N3S. The van der Waals surface area contributed by atoms with E-state index in [-0.39, 0.29) is 5.56 Å². The van der Waals surface area contributed by atoms with E-state index in [1.54, 1.807) is 0 Å². The molecule has 0 radical (unpaired) electrons. The highest BCUT2D eigenvalue weighted by atomic mass is 32.1. The van der Waals surface area contributed by atoms with E-state index in [1.165, 1.54) is 12.3 Å². The van der Waals surface area contributed by atoms with E-state index in [0.29, 0.717) is 12.2 Å². The maximum atomic E-state index is 13.7. The molecule has 1 heterocycles. The minimum atomic E-state index is -1.47. The van der Waals surface area contributed by atoms with Crippen molar-refractivity contribution in [2.45, 2.75) is 13.0 Å². The first-order chi connectivity index (χ1) is 8.65. The Labute approximate surface area is 106 Å². The Morgan fingerprint density at radius 3 is 2.67 bits per heavy atom. The summed E-state index contributed by atoms with van der Waals surface area (Å²) in [6.45, 7) is 2.35. The second-order valence-electron chi connectivity index (χ2n) is 3.59. The molecule has 0 saturated heterocycles. The molecule has 0 saturated carbocycles. The quantitative estimate of drug-likeness (QED) is 0.870. The van der Waals surface area contributed by atoms with Crippen molar-refractivity contribution in [2.24, 2.45) is 0 Å². The SMILES string of the molecule is CCNC(c1cnsn1)c1ccc(F)c(F)c1F. The van der Waals surface area contributed by atoms with Gasteiger partial charge in [-0.2, -0.15) is 8.75 Å². The van der Waals surface area contributed by atoms with E-state index in [9.17, 15) is 13.2 Å². The third kappa shape index (κ3) is 2.37. The van der Waals surface area contributed by atoms with E-state index in [2.05, 4.69) is 14.1 Å². The molecule has 2 aromatic rings. The van der Waals surface area contributed by atoms with Crippen LogP contribution in [0, 0.1) is 17.5 Å². The predicted octanol–water partition coefficient (Wildman–Crippen LogP) is 2.65. The Bertz CT molecular complexity index is 531. The Morgan fingerprint density at radius 1 is 1.28 bits per heavy atom. The van der Waals surface area contributed by atoms with Crippen molar-refractivity contribution in [3.05, 3.63) is 47.0 Å². The van der Waals surface area contributed by atoms with Crippen LogP contribution in [0.5, 0.6) is 0 Å². The van der Waals surface area contributed by atoms with Crippen LogP contribution >= 0.6 is 11.7 Å². The number of halogens is 3. The summed E-state index contributed by atoms with van der Waals surface area (Å²) in [5, 5.41) is 2.96. The van der Waals surface area contributed by atoms with E-state index in [1.807, 2.05) is 6.92 Å². The Kier molecular flexibility index (Phi) is 3.93. The highest BCUT2D eigenvalue weighted by Gasteiger charge is 2.23. The van der Waals surface area contributed by atoms with Crippen LogP contribution in [0.1, 0.15) is 24.2 Å². The fourth-order valence-corrected chi connectivity index (χ4v) is 2.09. The highest BCUT2D eigenvalue weighted by Crippen LogP contribution is 2.25. The van der Waals surface area contributed by atoms with Crippen LogP contribution in [0.3, 0.4) is 0 Å². The van der Waals surface area contributed by atoms with Gasteiger partial charge in [-0.3, -0.25) is 0 Å². The summed E-state index contributed by atoms with van der Waals surface area (Å²) in [5.74, 6) is -3.88. The van der Waals surface area contributed by atoms with Crippen LogP contribution in [0.2, 0.25) is 0 Å². The smallest absolute Gasteiger partial charge is 0.194 e. The molecule has 1 N–H and O–H groups in total. The third-order valence-corrected chi connectivity index (χ3v) is 2.95. The third-order valence-electron chi connectivity index (χ3n) is 2.46. The summed E-state index contributed by atoms with van der Waals surface area (Å²) in [6.07, 6.45) is 1.47. The van der Waals surface area contributed by atoms with E-state index in [4.69, 9.17) is 0 Å². The van der Waals surface area contributed by atoms with Crippen molar-refractivity contribution in [1.29, 1.82) is 0 Å². The van der Waals surface area contributed by atoms with Crippen LogP contribution in [0.4, 0.5) is 13.2 Å². The van der Waals surface area contributed by atoms with Gasteiger partial charge in [0, 0.05) is 5.56 Å². The molecule has 1 unspecified atom stereocenters. The van der Waals surface area contributed by atoms with Gasteiger partial charge in [0.15, 0.2) is 17.5 Å². The summed E-state index contributed by atoms with van der Waals surface area (Å²) in [6, 6.07) is 1.47. The van der Waals surface area contributed by atoms with Crippen LogP contribution in [-0.2, 0) is 0 Å². The molecule has 0 aliphatic carbocycles. The zero-order valence-corrected chi connectivity index (χ0v) is 10.3. The van der Waals surface area contributed by atoms with Crippen LogP contribution in [0.15, 0.2) is 18.3 Å². The molecular weight excluding hydrogens is 263 g/mol.